The molecule has 1 fully saturated rings. The maximum Gasteiger partial charge on any atom is 0.244 e. The fraction of sp³-hybridized carbons (Fsp3) is 0.500. The van der Waals surface area contributed by atoms with E-state index in [1.807, 2.05) is 12.1 Å². The van der Waals surface area contributed by atoms with Crippen LogP contribution in [0.1, 0.15) is 48.6 Å². The van der Waals surface area contributed by atoms with Crippen LogP contribution in [0.3, 0.4) is 0 Å². The van der Waals surface area contributed by atoms with Gasteiger partial charge in [0.25, 0.3) is 0 Å². The maximum atomic E-state index is 5.46. The van der Waals surface area contributed by atoms with Gasteiger partial charge in [0.1, 0.15) is 0 Å². The quantitative estimate of drug-likeness (QED) is 0.932. The SMILES string of the molecule is Cc1ccccc1Cc1noc(C2NCCCC2C)n1. The number of benzene rings is 1. The van der Waals surface area contributed by atoms with Gasteiger partial charge >= 0.3 is 0 Å². The molecule has 0 radical (unpaired) electrons. The van der Waals surface area contributed by atoms with Gasteiger partial charge in [-0.05, 0) is 43.4 Å². The smallest absolute Gasteiger partial charge is 0.244 e. The lowest BCUT2D eigenvalue weighted by atomic mass is 9.93. The Balaban J connectivity index is 1.75. The van der Waals surface area contributed by atoms with E-state index in [2.05, 4.69) is 41.4 Å². The lowest BCUT2D eigenvalue weighted by Gasteiger charge is -2.26. The summed E-state index contributed by atoms with van der Waals surface area (Å²) in [5, 5.41) is 7.61. The lowest BCUT2D eigenvalue weighted by molar-refractivity contribution is 0.239. The first-order chi connectivity index (χ1) is 9.74. The van der Waals surface area contributed by atoms with Crippen LogP contribution in [0.25, 0.3) is 0 Å². The third kappa shape index (κ3) is 2.75. The predicted octanol–water partition coefficient (Wildman–Crippen LogP) is 3.03. The van der Waals surface area contributed by atoms with Crippen LogP contribution in [0.15, 0.2) is 28.8 Å². The summed E-state index contributed by atoms with van der Waals surface area (Å²) in [5.74, 6) is 2.06. The number of aryl methyl sites for hydroxylation is 1. The highest BCUT2D eigenvalue weighted by molar-refractivity contribution is 5.28. The molecule has 0 saturated carbocycles. The Kier molecular flexibility index (Phi) is 3.83. The summed E-state index contributed by atoms with van der Waals surface area (Å²) in [6.07, 6.45) is 3.17. The molecule has 1 aromatic carbocycles. The number of aromatic nitrogens is 2. The van der Waals surface area contributed by atoms with Gasteiger partial charge in [0, 0.05) is 6.42 Å². The van der Waals surface area contributed by atoms with Crippen LogP contribution in [0.4, 0.5) is 0 Å². The Morgan fingerprint density at radius 1 is 1.35 bits per heavy atom. The van der Waals surface area contributed by atoms with Crippen LogP contribution < -0.4 is 5.32 Å². The molecule has 0 aliphatic carbocycles. The van der Waals surface area contributed by atoms with Crippen LogP contribution in [0.5, 0.6) is 0 Å². The van der Waals surface area contributed by atoms with Crippen molar-refractivity contribution in [1.29, 1.82) is 0 Å². The van der Waals surface area contributed by atoms with Crippen molar-refractivity contribution in [2.24, 2.45) is 5.92 Å². The van der Waals surface area contributed by atoms with Crippen molar-refractivity contribution in [3.05, 3.63) is 47.1 Å². The molecule has 2 atom stereocenters. The number of nitrogens with zero attached hydrogens (tertiary/aromatic N) is 2. The average Bonchev–Trinajstić information content (AvgIpc) is 2.90. The van der Waals surface area contributed by atoms with Gasteiger partial charge in [-0.1, -0.05) is 36.3 Å². The summed E-state index contributed by atoms with van der Waals surface area (Å²) >= 11 is 0. The van der Waals surface area contributed by atoms with Gasteiger partial charge in [-0.2, -0.15) is 4.98 Å². The van der Waals surface area contributed by atoms with E-state index in [0.717, 1.165) is 24.7 Å². The van der Waals surface area contributed by atoms with Crippen molar-refractivity contribution in [2.75, 3.05) is 6.54 Å². The van der Waals surface area contributed by atoms with E-state index in [9.17, 15) is 0 Å². The summed E-state index contributed by atoms with van der Waals surface area (Å²) in [6.45, 7) is 5.38. The summed E-state index contributed by atoms with van der Waals surface area (Å²) in [7, 11) is 0. The highest BCUT2D eigenvalue weighted by Gasteiger charge is 2.27. The second-order valence-electron chi connectivity index (χ2n) is 5.70. The van der Waals surface area contributed by atoms with E-state index in [1.54, 1.807) is 0 Å². The molecule has 1 aliphatic rings. The third-order valence-corrected chi connectivity index (χ3v) is 4.13. The van der Waals surface area contributed by atoms with Crippen molar-refractivity contribution in [3.63, 3.8) is 0 Å². The monoisotopic (exact) mass is 271 g/mol. The van der Waals surface area contributed by atoms with E-state index in [-0.39, 0.29) is 6.04 Å². The van der Waals surface area contributed by atoms with Gasteiger partial charge in [-0.3, -0.25) is 0 Å². The topological polar surface area (TPSA) is 51.0 Å². The zero-order valence-electron chi connectivity index (χ0n) is 12.1. The lowest BCUT2D eigenvalue weighted by Crippen LogP contribution is -2.33. The van der Waals surface area contributed by atoms with Gasteiger partial charge in [0.2, 0.25) is 5.89 Å². The fourth-order valence-electron chi connectivity index (χ4n) is 2.82. The van der Waals surface area contributed by atoms with Crippen LogP contribution in [-0.4, -0.2) is 16.7 Å². The largest absolute Gasteiger partial charge is 0.338 e. The molecule has 0 spiro atoms. The molecule has 0 amide bonds. The van der Waals surface area contributed by atoms with Crippen molar-refractivity contribution in [3.8, 4) is 0 Å². The van der Waals surface area contributed by atoms with Crippen LogP contribution >= 0.6 is 0 Å². The molecule has 1 aliphatic heterocycles. The summed E-state index contributed by atoms with van der Waals surface area (Å²) in [4.78, 5) is 4.58. The Morgan fingerprint density at radius 2 is 2.20 bits per heavy atom. The van der Waals surface area contributed by atoms with Gasteiger partial charge in [-0.15, -0.1) is 0 Å². The van der Waals surface area contributed by atoms with Crippen LogP contribution in [-0.2, 0) is 6.42 Å². The second-order valence-corrected chi connectivity index (χ2v) is 5.70. The standard InChI is InChI=1S/C16H21N3O/c1-11-6-3-4-8-13(11)10-14-18-16(20-19-14)15-12(2)7-5-9-17-15/h3-4,6,8,12,15,17H,5,7,9-10H2,1-2H3. The van der Waals surface area contributed by atoms with Gasteiger partial charge < -0.3 is 9.84 Å². The molecule has 1 aromatic heterocycles. The second kappa shape index (κ2) is 5.75. The highest BCUT2D eigenvalue weighted by atomic mass is 16.5. The van der Waals surface area contributed by atoms with Crippen LogP contribution in [0, 0.1) is 12.8 Å². The first-order valence-electron chi connectivity index (χ1n) is 7.34. The number of piperidine rings is 1. The van der Waals surface area contributed by atoms with E-state index >= 15 is 0 Å². The first kappa shape index (κ1) is 13.3. The van der Waals surface area contributed by atoms with Crippen LogP contribution in [0.2, 0.25) is 0 Å². The average molecular weight is 271 g/mol. The molecular formula is C16H21N3O. The molecule has 4 nitrogen and oxygen atoms in total. The number of rotatable bonds is 3. The normalized spacial score (nSPS) is 22.9. The zero-order valence-corrected chi connectivity index (χ0v) is 12.1. The fourth-order valence-corrected chi connectivity index (χ4v) is 2.82. The van der Waals surface area contributed by atoms with Gasteiger partial charge in [0.15, 0.2) is 5.82 Å². The molecule has 4 heteroatoms. The molecule has 0 bridgehead atoms. The molecule has 2 heterocycles. The summed E-state index contributed by atoms with van der Waals surface area (Å²) in [6, 6.07) is 8.54. The Hall–Kier alpha value is -1.68. The molecule has 2 unspecified atom stereocenters. The number of hydrogen-bond acceptors (Lipinski definition) is 4. The molecule has 3 rings (SSSR count). The molecule has 1 N–H and O–H groups in total. The minimum absolute atomic E-state index is 0.210. The minimum Gasteiger partial charge on any atom is -0.338 e. The predicted molar refractivity (Wildman–Crippen MR) is 77.4 cm³/mol. The molecule has 1 saturated heterocycles. The van der Waals surface area contributed by atoms with Crippen molar-refractivity contribution in [1.82, 2.24) is 15.5 Å². The molecular weight excluding hydrogens is 250 g/mol. The van der Waals surface area contributed by atoms with Crippen molar-refractivity contribution in [2.45, 2.75) is 39.2 Å². The first-order valence-corrected chi connectivity index (χ1v) is 7.34. The molecule has 2 aromatic rings. The third-order valence-electron chi connectivity index (χ3n) is 4.13. The van der Waals surface area contributed by atoms with E-state index < -0.39 is 0 Å². The van der Waals surface area contributed by atoms with E-state index in [1.165, 1.54) is 24.0 Å². The number of hydrogen-bond donors (Lipinski definition) is 1. The Morgan fingerprint density at radius 3 is 3.00 bits per heavy atom. The minimum atomic E-state index is 0.210. The van der Waals surface area contributed by atoms with Crippen molar-refractivity contribution >= 4 is 0 Å². The summed E-state index contributed by atoms with van der Waals surface area (Å²) in [5.41, 5.74) is 2.52. The maximum absolute atomic E-state index is 5.46. The highest BCUT2D eigenvalue weighted by Crippen LogP contribution is 2.27. The van der Waals surface area contributed by atoms with Gasteiger partial charge in [-0.25, -0.2) is 0 Å². The molecule has 20 heavy (non-hydrogen) atoms. The van der Waals surface area contributed by atoms with Crippen molar-refractivity contribution < 1.29 is 4.52 Å². The zero-order chi connectivity index (χ0) is 13.9. The Bertz CT molecular complexity index is 579. The summed E-state index contributed by atoms with van der Waals surface area (Å²) < 4.78 is 5.46. The van der Waals surface area contributed by atoms with E-state index in [4.69, 9.17) is 4.52 Å². The molecule has 106 valence electrons. The Labute approximate surface area is 119 Å². The van der Waals surface area contributed by atoms with Gasteiger partial charge in [0.05, 0.1) is 6.04 Å². The number of nitrogens with one attached hydrogen (secondary N) is 1. The van der Waals surface area contributed by atoms with E-state index in [0.29, 0.717) is 5.92 Å².